The van der Waals surface area contributed by atoms with Crippen LogP contribution >= 0.6 is 0 Å². The molecule has 20 nitrogen and oxygen atoms in total. The van der Waals surface area contributed by atoms with Crippen LogP contribution in [0.5, 0.6) is 0 Å². The maximum Gasteiger partial charge on any atom is 0.335 e. The summed E-state index contributed by atoms with van der Waals surface area (Å²) in [5.41, 5.74) is 1.68. The van der Waals surface area contributed by atoms with E-state index >= 15 is 0 Å². The molecular formula is C47H76N2O18. The van der Waals surface area contributed by atoms with E-state index in [1.165, 1.54) is 0 Å². The van der Waals surface area contributed by atoms with E-state index < -0.39 is 17.8 Å². The normalized spacial score (nSPS) is 15.3. The maximum absolute atomic E-state index is 12.5. The smallest absolute Gasteiger partial charge is 0.335 e. The summed E-state index contributed by atoms with van der Waals surface area (Å²) < 4.78 is 71.8. The van der Waals surface area contributed by atoms with E-state index in [9.17, 15) is 19.2 Å². The molecule has 0 bridgehead atoms. The molecule has 382 valence electrons. The standard InChI is InChI=1S/C47H76N2O18/c50-44-12-13-45(51)49(44)67-46(52)14-16-54-18-20-56-22-24-58-26-28-60-30-32-62-34-36-64-38-39-65-37-35-63-33-31-61-29-27-59-25-23-57-21-19-55-17-15-48-47(53)42-10-8-41(9-11-42)40-66-43-6-4-2-1-3-5-7-43/h1-2,8-11,43H,3-7,12-40H2,(H,48,53). The van der Waals surface area contributed by atoms with Gasteiger partial charge in [-0.1, -0.05) is 24.3 Å². The lowest BCUT2D eigenvalue weighted by atomic mass is 10.0. The molecule has 1 fully saturated rings. The highest BCUT2D eigenvalue weighted by Gasteiger charge is 2.32. The second kappa shape index (κ2) is 41.5. The molecular weight excluding hydrogens is 881 g/mol. The molecule has 3 rings (SSSR count). The lowest BCUT2D eigenvalue weighted by Gasteiger charge is -2.18. The van der Waals surface area contributed by atoms with Crippen LogP contribution < -0.4 is 5.32 Å². The SMILES string of the molecule is O=C(CCOCCOCCOCCOCCOCCOCCOCCOCCOCCOCCOCCOCCNC(=O)c1ccc(COC2CCC=CCCC2)cc1)ON1C(=O)CCC1=O. The number of hydrogen-bond donors (Lipinski definition) is 1. The summed E-state index contributed by atoms with van der Waals surface area (Å²) in [5.74, 6) is -1.86. The third kappa shape index (κ3) is 32.1. The van der Waals surface area contributed by atoms with Crippen LogP contribution in [-0.4, -0.2) is 200 Å². The fraction of sp³-hybridized carbons (Fsp3) is 0.745. The summed E-state index contributed by atoms with van der Waals surface area (Å²) in [4.78, 5) is 51.8. The number of carbonyl (C=O) groups is 4. The maximum atomic E-state index is 12.5. The Morgan fingerprint density at radius 3 is 1.31 bits per heavy atom. The van der Waals surface area contributed by atoms with E-state index in [2.05, 4.69) is 17.5 Å². The minimum atomic E-state index is -0.703. The summed E-state index contributed by atoms with van der Waals surface area (Å²) in [7, 11) is 0. The number of nitrogens with one attached hydrogen (secondary N) is 1. The zero-order chi connectivity index (χ0) is 47.5. The Labute approximate surface area is 395 Å². The highest BCUT2D eigenvalue weighted by atomic mass is 16.7. The Morgan fingerprint density at radius 1 is 0.493 bits per heavy atom. The fourth-order valence-corrected chi connectivity index (χ4v) is 6.08. The molecule has 0 radical (unpaired) electrons. The minimum Gasteiger partial charge on any atom is -0.378 e. The summed E-state index contributed by atoms with van der Waals surface area (Å²) in [6.07, 6.45) is 10.3. The Hall–Kier alpha value is -3.48. The van der Waals surface area contributed by atoms with E-state index in [1.807, 2.05) is 24.3 Å². The Bertz CT molecular complexity index is 1420. The molecule has 1 unspecified atom stereocenters. The number of imide groups is 1. The number of hydrogen-bond acceptors (Lipinski definition) is 18. The minimum absolute atomic E-state index is 0.0545. The predicted octanol–water partition coefficient (Wildman–Crippen LogP) is 3.02. The second-order valence-electron chi connectivity index (χ2n) is 15.0. The molecule has 0 spiro atoms. The van der Waals surface area contributed by atoms with E-state index in [0.29, 0.717) is 175 Å². The molecule has 1 aliphatic heterocycles. The lowest BCUT2D eigenvalue weighted by molar-refractivity contribution is -0.198. The van der Waals surface area contributed by atoms with Gasteiger partial charge in [0.25, 0.3) is 17.7 Å². The van der Waals surface area contributed by atoms with Gasteiger partial charge < -0.3 is 71.7 Å². The predicted molar refractivity (Wildman–Crippen MR) is 241 cm³/mol. The number of nitrogens with zero attached hydrogens (tertiary/aromatic N) is 1. The first-order valence-electron chi connectivity index (χ1n) is 23.7. The zero-order valence-corrected chi connectivity index (χ0v) is 39.4. The number of ether oxygens (including phenoxy) is 13. The highest BCUT2D eigenvalue weighted by Crippen LogP contribution is 2.18. The first kappa shape index (κ1) is 57.8. The molecule has 2 aliphatic rings. The summed E-state index contributed by atoms with van der Waals surface area (Å²) in [6, 6.07) is 7.58. The first-order valence-corrected chi connectivity index (χ1v) is 23.7. The van der Waals surface area contributed by atoms with Crippen molar-refractivity contribution in [3.63, 3.8) is 0 Å². The van der Waals surface area contributed by atoms with Crippen molar-refractivity contribution in [2.75, 3.05) is 165 Å². The van der Waals surface area contributed by atoms with Crippen LogP contribution in [0.25, 0.3) is 0 Å². The quantitative estimate of drug-likeness (QED) is 0.0566. The van der Waals surface area contributed by atoms with Gasteiger partial charge in [0.2, 0.25) is 0 Å². The average molecular weight is 957 g/mol. The lowest BCUT2D eigenvalue weighted by Crippen LogP contribution is -2.32. The van der Waals surface area contributed by atoms with Crippen molar-refractivity contribution in [2.24, 2.45) is 0 Å². The van der Waals surface area contributed by atoms with Gasteiger partial charge in [0.05, 0.1) is 178 Å². The molecule has 1 atom stereocenters. The molecule has 1 aromatic carbocycles. The van der Waals surface area contributed by atoms with Crippen LogP contribution in [0.2, 0.25) is 0 Å². The molecule has 1 saturated heterocycles. The Kier molecular flexibility index (Phi) is 35.8. The largest absolute Gasteiger partial charge is 0.378 e. The summed E-state index contributed by atoms with van der Waals surface area (Å²) in [6.45, 7) is 11.1. The van der Waals surface area contributed by atoms with Crippen LogP contribution in [0, 0.1) is 0 Å². The topological polar surface area (TPSA) is 213 Å². The molecule has 1 N–H and O–H groups in total. The highest BCUT2D eigenvalue weighted by molar-refractivity contribution is 6.01. The van der Waals surface area contributed by atoms with Crippen LogP contribution in [0.15, 0.2) is 36.4 Å². The van der Waals surface area contributed by atoms with Crippen molar-refractivity contribution in [1.82, 2.24) is 10.4 Å². The molecule has 1 aromatic rings. The third-order valence-corrected chi connectivity index (χ3v) is 9.69. The van der Waals surface area contributed by atoms with Gasteiger partial charge in [-0.05, 0) is 49.8 Å². The van der Waals surface area contributed by atoms with Gasteiger partial charge in [0.15, 0.2) is 0 Å². The molecule has 1 aliphatic carbocycles. The average Bonchev–Trinajstić information content (AvgIpc) is 3.64. The monoisotopic (exact) mass is 957 g/mol. The van der Waals surface area contributed by atoms with Gasteiger partial charge in [-0.3, -0.25) is 14.4 Å². The number of rotatable bonds is 44. The van der Waals surface area contributed by atoms with Gasteiger partial charge in [-0.2, -0.15) is 0 Å². The third-order valence-electron chi connectivity index (χ3n) is 9.69. The van der Waals surface area contributed by atoms with E-state index in [4.69, 9.17) is 66.4 Å². The number of hydroxylamine groups is 2. The van der Waals surface area contributed by atoms with Gasteiger partial charge in [-0.25, -0.2) is 4.79 Å². The van der Waals surface area contributed by atoms with Gasteiger partial charge in [0.1, 0.15) is 0 Å². The molecule has 1 heterocycles. The fourth-order valence-electron chi connectivity index (χ4n) is 6.08. The second-order valence-corrected chi connectivity index (χ2v) is 15.0. The zero-order valence-electron chi connectivity index (χ0n) is 39.4. The van der Waals surface area contributed by atoms with Crippen molar-refractivity contribution in [3.8, 4) is 0 Å². The first-order chi connectivity index (χ1) is 33.0. The molecule has 0 saturated carbocycles. The van der Waals surface area contributed by atoms with Crippen molar-refractivity contribution < 1.29 is 85.6 Å². The van der Waals surface area contributed by atoms with Crippen molar-refractivity contribution in [2.45, 2.75) is 64.1 Å². The molecule has 0 aromatic heterocycles. The molecule has 67 heavy (non-hydrogen) atoms. The molecule has 3 amide bonds. The van der Waals surface area contributed by atoms with E-state index in [1.54, 1.807) is 0 Å². The van der Waals surface area contributed by atoms with Crippen LogP contribution in [0.3, 0.4) is 0 Å². The van der Waals surface area contributed by atoms with E-state index in [-0.39, 0.29) is 38.4 Å². The van der Waals surface area contributed by atoms with Gasteiger partial charge >= 0.3 is 5.97 Å². The Morgan fingerprint density at radius 2 is 0.881 bits per heavy atom. The Balaban J connectivity index is 0.911. The number of benzene rings is 1. The summed E-state index contributed by atoms with van der Waals surface area (Å²) in [5, 5.41) is 3.40. The van der Waals surface area contributed by atoms with Crippen molar-refractivity contribution in [1.29, 1.82) is 0 Å². The van der Waals surface area contributed by atoms with Gasteiger partial charge in [0, 0.05) is 24.9 Å². The van der Waals surface area contributed by atoms with Gasteiger partial charge in [-0.15, -0.1) is 5.06 Å². The number of carbonyl (C=O) groups excluding carboxylic acids is 4. The van der Waals surface area contributed by atoms with Crippen LogP contribution in [0.4, 0.5) is 0 Å². The van der Waals surface area contributed by atoms with Crippen LogP contribution in [-0.2, 0) is 87.4 Å². The molecule has 20 heteroatoms. The van der Waals surface area contributed by atoms with Crippen LogP contribution in [0.1, 0.15) is 67.3 Å². The number of amides is 3. The van der Waals surface area contributed by atoms with Crippen molar-refractivity contribution in [3.05, 3.63) is 47.5 Å². The number of allylic oxidation sites excluding steroid dienone is 2. The van der Waals surface area contributed by atoms with Crippen molar-refractivity contribution >= 4 is 23.7 Å². The van der Waals surface area contributed by atoms with E-state index in [0.717, 1.165) is 37.7 Å². The summed E-state index contributed by atoms with van der Waals surface area (Å²) >= 11 is 0.